The second-order valence-electron chi connectivity index (χ2n) is 6.93. The summed E-state index contributed by atoms with van der Waals surface area (Å²) in [5.74, 6) is -0.239. The van der Waals surface area contributed by atoms with E-state index >= 15 is 0 Å². The Labute approximate surface area is 165 Å². The summed E-state index contributed by atoms with van der Waals surface area (Å²) in [4.78, 5) is 23.6. The average molecular weight is 375 g/mol. The molecule has 2 amide bonds. The molecule has 0 aromatic heterocycles. The Balaban J connectivity index is 1.64. The van der Waals surface area contributed by atoms with Gasteiger partial charge in [0.25, 0.3) is 0 Å². The van der Waals surface area contributed by atoms with Gasteiger partial charge in [-0.25, -0.2) is 0 Å². The first-order valence-electron chi connectivity index (χ1n) is 9.36. The number of carbonyl (C=O) groups is 2. The van der Waals surface area contributed by atoms with E-state index in [0.717, 1.165) is 5.56 Å². The van der Waals surface area contributed by atoms with Crippen molar-refractivity contribution in [3.05, 3.63) is 72.3 Å². The maximum Gasteiger partial charge on any atom is 0.241 e. The van der Waals surface area contributed by atoms with Crippen LogP contribution in [0, 0.1) is 0 Å². The average Bonchev–Trinajstić information content (AvgIpc) is 2.68. The highest BCUT2D eigenvalue weighted by Crippen LogP contribution is 2.24. The van der Waals surface area contributed by atoms with E-state index in [1.807, 2.05) is 25.1 Å². The van der Waals surface area contributed by atoms with Crippen LogP contribution in [0.5, 0.6) is 0 Å². The van der Waals surface area contributed by atoms with E-state index in [-0.39, 0.29) is 23.9 Å². The molecule has 0 radical (unpaired) electrons. The number of hydrogen-bond donors (Lipinski definition) is 3. The van der Waals surface area contributed by atoms with Crippen molar-refractivity contribution in [2.24, 2.45) is 0 Å². The minimum Gasteiger partial charge on any atom is -0.326 e. The normalized spacial score (nSPS) is 13.0. The number of benzene rings is 3. The first-order valence-corrected chi connectivity index (χ1v) is 9.36. The fourth-order valence-electron chi connectivity index (χ4n) is 3.26. The fraction of sp³-hybridized carbons (Fsp3) is 0.217. The number of amides is 2. The van der Waals surface area contributed by atoms with Crippen molar-refractivity contribution in [1.82, 2.24) is 5.32 Å². The molecule has 2 atom stereocenters. The highest BCUT2D eigenvalue weighted by molar-refractivity contribution is 5.95. The highest BCUT2D eigenvalue weighted by Gasteiger charge is 2.17. The molecule has 0 saturated heterocycles. The van der Waals surface area contributed by atoms with E-state index in [4.69, 9.17) is 0 Å². The van der Waals surface area contributed by atoms with Gasteiger partial charge in [-0.05, 0) is 54.4 Å². The van der Waals surface area contributed by atoms with Gasteiger partial charge in [0, 0.05) is 24.3 Å². The fourth-order valence-corrected chi connectivity index (χ4v) is 3.26. The van der Waals surface area contributed by atoms with Gasteiger partial charge in [-0.15, -0.1) is 0 Å². The predicted octanol–water partition coefficient (Wildman–Crippen LogP) is 4.48. The summed E-state index contributed by atoms with van der Waals surface area (Å²) in [7, 11) is 0. The molecule has 0 aliphatic carbocycles. The summed E-state index contributed by atoms with van der Waals surface area (Å²) in [5.41, 5.74) is 2.55. The maximum atomic E-state index is 12.6. The van der Waals surface area contributed by atoms with Crippen LogP contribution in [-0.4, -0.2) is 17.9 Å². The SMILES string of the molecule is CC(=O)Nc1ccc(NC(=O)[C@@H](C)N[C@@H](C)c2cccc3ccccc23)cc1. The van der Waals surface area contributed by atoms with Crippen LogP contribution in [0.25, 0.3) is 10.8 Å². The van der Waals surface area contributed by atoms with E-state index in [1.165, 1.54) is 17.7 Å². The summed E-state index contributed by atoms with van der Waals surface area (Å²) in [6.45, 7) is 5.37. The van der Waals surface area contributed by atoms with Gasteiger partial charge in [0.15, 0.2) is 0 Å². The van der Waals surface area contributed by atoms with Crippen LogP contribution in [0.2, 0.25) is 0 Å². The Morgan fingerprint density at radius 2 is 1.39 bits per heavy atom. The van der Waals surface area contributed by atoms with E-state index in [1.54, 1.807) is 24.3 Å². The first-order chi connectivity index (χ1) is 13.4. The maximum absolute atomic E-state index is 12.6. The van der Waals surface area contributed by atoms with Gasteiger partial charge in [0.1, 0.15) is 0 Å². The Morgan fingerprint density at radius 3 is 2.07 bits per heavy atom. The molecular weight excluding hydrogens is 350 g/mol. The van der Waals surface area contributed by atoms with Crippen LogP contribution in [0.1, 0.15) is 32.4 Å². The lowest BCUT2D eigenvalue weighted by Crippen LogP contribution is -2.39. The molecule has 3 aromatic carbocycles. The molecule has 3 aromatic rings. The molecule has 144 valence electrons. The third kappa shape index (κ3) is 4.75. The third-order valence-electron chi connectivity index (χ3n) is 4.66. The largest absolute Gasteiger partial charge is 0.326 e. The predicted molar refractivity (Wildman–Crippen MR) is 114 cm³/mol. The van der Waals surface area contributed by atoms with Crippen molar-refractivity contribution in [2.45, 2.75) is 32.9 Å². The molecule has 3 rings (SSSR count). The van der Waals surface area contributed by atoms with Crippen LogP contribution >= 0.6 is 0 Å². The summed E-state index contributed by atoms with van der Waals surface area (Å²) in [6.07, 6.45) is 0. The van der Waals surface area contributed by atoms with E-state index in [2.05, 4.69) is 47.1 Å². The molecule has 0 heterocycles. The van der Waals surface area contributed by atoms with Crippen molar-refractivity contribution in [2.75, 3.05) is 10.6 Å². The second kappa shape index (κ2) is 8.67. The zero-order chi connectivity index (χ0) is 20.1. The number of carbonyl (C=O) groups excluding carboxylic acids is 2. The molecular formula is C23H25N3O2. The summed E-state index contributed by atoms with van der Waals surface area (Å²) < 4.78 is 0. The van der Waals surface area contributed by atoms with E-state index in [0.29, 0.717) is 11.4 Å². The van der Waals surface area contributed by atoms with Crippen LogP contribution in [0.15, 0.2) is 66.7 Å². The van der Waals surface area contributed by atoms with E-state index in [9.17, 15) is 9.59 Å². The Hall–Kier alpha value is -3.18. The van der Waals surface area contributed by atoms with Gasteiger partial charge in [0.05, 0.1) is 6.04 Å². The van der Waals surface area contributed by atoms with Crippen LogP contribution in [-0.2, 0) is 9.59 Å². The van der Waals surface area contributed by atoms with Gasteiger partial charge in [0.2, 0.25) is 11.8 Å². The number of anilines is 2. The minimum absolute atomic E-state index is 0.0222. The zero-order valence-corrected chi connectivity index (χ0v) is 16.3. The molecule has 5 heteroatoms. The molecule has 0 fully saturated rings. The number of rotatable bonds is 6. The van der Waals surface area contributed by atoms with Crippen LogP contribution in [0.3, 0.4) is 0 Å². The Kier molecular flexibility index (Phi) is 6.06. The monoisotopic (exact) mass is 375 g/mol. The molecule has 0 aliphatic rings. The first kappa shape index (κ1) is 19.6. The summed E-state index contributed by atoms with van der Waals surface area (Å²) in [6, 6.07) is 21.2. The standard InChI is InChI=1S/C23H25N3O2/c1-15(21-10-6-8-18-7-4-5-9-22(18)21)24-16(2)23(28)26-20-13-11-19(12-14-20)25-17(3)27/h4-16,24H,1-3H3,(H,25,27)(H,26,28)/t15-,16+/m0/s1. The van der Waals surface area contributed by atoms with Gasteiger partial charge in [-0.1, -0.05) is 42.5 Å². The van der Waals surface area contributed by atoms with Gasteiger partial charge < -0.3 is 10.6 Å². The smallest absolute Gasteiger partial charge is 0.241 e. The Morgan fingerprint density at radius 1 is 0.786 bits per heavy atom. The topological polar surface area (TPSA) is 70.2 Å². The van der Waals surface area contributed by atoms with Crippen molar-refractivity contribution in [3.63, 3.8) is 0 Å². The minimum atomic E-state index is -0.371. The molecule has 0 saturated carbocycles. The lowest BCUT2D eigenvalue weighted by atomic mass is 9.99. The van der Waals surface area contributed by atoms with Crippen molar-refractivity contribution in [3.8, 4) is 0 Å². The van der Waals surface area contributed by atoms with Crippen molar-refractivity contribution in [1.29, 1.82) is 0 Å². The number of hydrogen-bond acceptors (Lipinski definition) is 3. The summed E-state index contributed by atoms with van der Waals surface area (Å²) in [5, 5.41) is 11.4. The summed E-state index contributed by atoms with van der Waals surface area (Å²) >= 11 is 0. The van der Waals surface area contributed by atoms with Crippen molar-refractivity contribution >= 4 is 34.0 Å². The lowest BCUT2D eigenvalue weighted by molar-refractivity contribution is -0.118. The quantitative estimate of drug-likeness (QED) is 0.595. The highest BCUT2D eigenvalue weighted by atomic mass is 16.2. The third-order valence-corrected chi connectivity index (χ3v) is 4.66. The molecule has 0 unspecified atom stereocenters. The van der Waals surface area contributed by atoms with Crippen LogP contribution in [0.4, 0.5) is 11.4 Å². The zero-order valence-electron chi connectivity index (χ0n) is 16.3. The molecule has 0 aliphatic heterocycles. The Bertz CT molecular complexity index is 977. The second-order valence-corrected chi connectivity index (χ2v) is 6.93. The van der Waals surface area contributed by atoms with Crippen molar-refractivity contribution < 1.29 is 9.59 Å². The molecule has 28 heavy (non-hydrogen) atoms. The number of nitrogens with one attached hydrogen (secondary N) is 3. The van der Waals surface area contributed by atoms with Crippen LogP contribution < -0.4 is 16.0 Å². The molecule has 3 N–H and O–H groups in total. The molecule has 0 bridgehead atoms. The lowest BCUT2D eigenvalue weighted by Gasteiger charge is -2.21. The number of fused-ring (bicyclic) bond motifs is 1. The van der Waals surface area contributed by atoms with Gasteiger partial charge in [-0.3, -0.25) is 14.9 Å². The molecule has 0 spiro atoms. The van der Waals surface area contributed by atoms with Gasteiger partial charge >= 0.3 is 0 Å². The van der Waals surface area contributed by atoms with Gasteiger partial charge in [-0.2, -0.15) is 0 Å². The molecule has 5 nitrogen and oxygen atoms in total. The van der Waals surface area contributed by atoms with E-state index < -0.39 is 0 Å².